The summed E-state index contributed by atoms with van der Waals surface area (Å²) >= 11 is 0. The molecular weight excluding hydrogens is 424 g/mol. The van der Waals surface area contributed by atoms with E-state index in [1.54, 1.807) is 28.2 Å². The Balaban J connectivity index is 1.35. The third kappa shape index (κ3) is 4.11. The number of amides is 1. The number of anilines is 1. The Labute approximate surface area is 190 Å². The molecule has 4 heterocycles. The second-order valence-electron chi connectivity index (χ2n) is 8.24. The van der Waals surface area contributed by atoms with Crippen molar-refractivity contribution in [2.75, 3.05) is 11.5 Å². The maximum atomic E-state index is 12.6. The van der Waals surface area contributed by atoms with E-state index in [-0.39, 0.29) is 24.3 Å². The minimum absolute atomic E-state index is 0.0139. The number of rotatable bonds is 6. The van der Waals surface area contributed by atoms with E-state index in [0.717, 1.165) is 16.8 Å². The van der Waals surface area contributed by atoms with Crippen LogP contribution in [0.1, 0.15) is 26.5 Å². The van der Waals surface area contributed by atoms with Gasteiger partial charge in [-0.1, -0.05) is 22.5 Å². The molecule has 2 aliphatic heterocycles. The van der Waals surface area contributed by atoms with Crippen LogP contribution >= 0.6 is 0 Å². The zero-order valence-corrected chi connectivity index (χ0v) is 18.6. The van der Waals surface area contributed by atoms with Crippen LogP contribution in [0.15, 0.2) is 54.1 Å². The molecule has 3 aromatic rings. The van der Waals surface area contributed by atoms with Gasteiger partial charge in [0.05, 0.1) is 24.1 Å². The highest BCUT2D eigenvalue weighted by atomic mass is 16.6. The average molecular weight is 448 g/mol. The topological polar surface area (TPSA) is 104 Å². The summed E-state index contributed by atoms with van der Waals surface area (Å²) in [5.74, 6) is 0.634. The summed E-state index contributed by atoms with van der Waals surface area (Å²) in [7, 11) is 0. The largest absolute Gasteiger partial charge is 0.489 e. The summed E-state index contributed by atoms with van der Waals surface area (Å²) < 4.78 is 13.3. The van der Waals surface area contributed by atoms with Crippen molar-refractivity contribution in [3.63, 3.8) is 0 Å². The molecule has 2 atom stereocenters. The molecule has 2 aliphatic rings. The number of hydrogen-bond donors (Lipinski definition) is 0. The molecule has 1 amide bonds. The van der Waals surface area contributed by atoms with Gasteiger partial charge >= 0.3 is 6.09 Å². The van der Waals surface area contributed by atoms with Crippen molar-refractivity contribution < 1.29 is 19.1 Å². The summed E-state index contributed by atoms with van der Waals surface area (Å²) in [4.78, 5) is 24.1. The van der Waals surface area contributed by atoms with Gasteiger partial charge in [-0.15, -0.1) is 5.10 Å². The number of ether oxygens (including phenoxy) is 2. The first-order valence-electron chi connectivity index (χ1n) is 10.8. The van der Waals surface area contributed by atoms with Gasteiger partial charge in [0.15, 0.2) is 0 Å². The van der Waals surface area contributed by atoms with E-state index in [2.05, 4.69) is 20.5 Å². The first-order valence-corrected chi connectivity index (χ1v) is 10.8. The highest BCUT2D eigenvalue weighted by Crippen LogP contribution is 2.41. The van der Waals surface area contributed by atoms with Gasteiger partial charge in [-0.2, -0.15) is 0 Å². The molecule has 0 spiro atoms. The van der Waals surface area contributed by atoms with Crippen LogP contribution in [0.2, 0.25) is 0 Å². The molecule has 0 radical (unpaired) electrons. The fraction of sp³-hybridized carbons (Fsp3) is 0.348. The average Bonchev–Trinajstić information content (AvgIpc) is 3.45. The van der Waals surface area contributed by atoms with Crippen molar-refractivity contribution in [3.05, 3.63) is 54.6 Å². The number of carbonyl (C=O) groups is 1. The Bertz CT molecular complexity index is 1180. The zero-order chi connectivity index (χ0) is 22.9. The number of benzene rings is 1. The third-order valence-electron chi connectivity index (χ3n) is 5.55. The van der Waals surface area contributed by atoms with Gasteiger partial charge in [-0.05, 0) is 44.5 Å². The number of fused-ring (bicyclic) bond motifs is 3. The van der Waals surface area contributed by atoms with Crippen molar-refractivity contribution in [2.24, 2.45) is 5.16 Å². The predicted octanol–water partition coefficient (Wildman–Crippen LogP) is 3.28. The molecule has 1 saturated heterocycles. The predicted molar refractivity (Wildman–Crippen MR) is 120 cm³/mol. The van der Waals surface area contributed by atoms with Crippen LogP contribution < -0.4 is 9.64 Å². The number of carbonyl (C=O) groups excluding carboxylic acids is 1. The maximum Gasteiger partial charge on any atom is 0.415 e. The van der Waals surface area contributed by atoms with Gasteiger partial charge in [0, 0.05) is 18.0 Å². The molecule has 33 heavy (non-hydrogen) atoms. The second-order valence-corrected chi connectivity index (χ2v) is 8.24. The number of nitrogens with zero attached hydrogens (tertiary/aromatic N) is 6. The van der Waals surface area contributed by atoms with Crippen molar-refractivity contribution >= 4 is 17.5 Å². The van der Waals surface area contributed by atoms with Crippen LogP contribution in [-0.2, 0) is 16.1 Å². The molecule has 10 heteroatoms. The van der Waals surface area contributed by atoms with Crippen LogP contribution in [0.25, 0.3) is 11.1 Å². The molecule has 1 fully saturated rings. The highest BCUT2D eigenvalue weighted by Gasteiger charge is 2.46. The van der Waals surface area contributed by atoms with Gasteiger partial charge in [0.2, 0.25) is 0 Å². The normalized spacial score (nSPS) is 19.7. The van der Waals surface area contributed by atoms with Crippen LogP contribution in [0.4, 0.5) is 10.5 Å². The van der Waals surface area contributed by atoms with E-state index < -0.39 is 0 Å². The molecule has 1 aromatic carbocycles. The lowest BCUT2D eigenvalue weighted by molar-refractivity contribution is 0.0859. The van der Waals surface area contributed by atoms with E-state index in [9.17, 15) is 4.79 Å². The van der Waals surface area contributed by atoms with E-state index in [0.29, 0.717) is 30.3 Å². The van der Waals surface area contributed by atoms with Crippen molar-refractivity contribution in [3.8, 4) is 16.9 Å². The molecule has 10 nitrogen and oxygen atoms in total. The van der Waals surface area contributed by atoms with Crippen LogP contribution in [-0.4, -0.2) is 56.6 Å². The molecule has 2 aromatic heterocycles. The Morgan fingerprint density at radius 1 is 1.27 bits per heavy atom. The van der Waals surface area contributed by atoms with Gasteiger partial charge in [0.25, 0.3) is 0 Å². The Morgan fingerprint density at radius 3 is 2.85 bits per heavy atom. The van der Waals surface area contributed by atoms with Crippen LogP contribution in [0.3, 0.4) is 0 Å². The summed E-state index contributed by atoms with van der Waals surface area (Å²) in [5, 5.41) is 11.9. The van der Waals surface area contributed by atoms with Crippen molar-refractivity contribution in [2.45, 2.75) is 45.6 Å². The summed E-state index contributed by atoms with van der Waals surface area (Å²) in [6, 6.07) is 9.40. The number of hydrogen-bond acceptors (Lipinski definition) is 8. The molecular formula is C23H24N6O4. The monoisotopic (exact) mass is 448 g/mol. The Hall–Kier alpha value is -3.95. The van der Waals surface area contributed by atoms with Gasteiger partial charge in [-0.3, -0.25) is 9.88 Å². The van der Waals surface area contributed by atoms with Crippen molar-refractivity contribution in [1.82, 2.24) is 20.0 Å². The van der Waals surface area contributed by atoms with Crippen LogP contribution in [0.5, 0.6) is 5.75 Å². The quantitative estimate of drug-likeness (QED) is 0.421. The molecule has 5 rings (SSSR count). The lowest BCUT2D eigenvalue weighted by atomic mass is 10.0. The van der Waals surface area contributed by atoms with Gasteiger partial charge in [0.1, 0.15) is 36.3 Å². The fourth-order valence-electron chi connectivity index (χ4n) is 3.89. The number of oxime groups is 1. The Kier molecular flexibility index (Phi) is 5.41. The standard InChI is InChI=1S/C23H24N6O4/c1-14(2)33-26-15(3)18-6-4-17(11-24-18)16-5-7-19-21(10-16)31-13-20-22(32-23(30)29(19)20)12-28-9-8-25-27-28/h4-11,14,20,22H,12-13H2,1-3H3/b26-15+/t20-,22-/m0/s1. The lowest BCUT2D eigenvalue weighted by Crippen LogP contribution is -2.45. The minimum atomic E-state index is -0.383. The number of aromatic nitrogens is 4. The van der Waals surface area contributed by atoms with Crippen LogP contribution in [0, 0.1) is 0 Å². The lowest BCUT2D eigenvalue weighted by Gasteiger charge is -2.31. The summed E-state index contributed by atoms with van der Waals surface area (Å²) in [5.41, 5.74) is 4.01. The molecule has 0 bridgehead atoms. The van der Waals surface area contributed by atoms with Gasteiger partial charge < -0.3 is 14.3 Å². The first-order chi connectivity index (χ1) is 16.0. The van der Waals surface area contributed by atoms with E-state index >= 15 is 0 Å². The number of pyridine rings is 1. The highest BCUT2D eigenvalue weighted by molar-refractivity contribution is 5.97. The van der Waals surface area contributed by atoms with Gasteiger partial charge in [-0.25, -0.2) is 9.48 Å². The number of cyclic esters (lactones) is 1. The fourth-order valence-corrected chi connectivity index (χ4v) is 3.89. The molecule has 0 aliphatic carbocycles. The molecule has 170 valence electrons. The second kappa shape index (κ2) is 8.53. The summed E-state index contributed by atoms with van der Waals surface area (Å²) in [6.45, 7) is 6.47. The molecule has 0 unspecified atom stereocenters. The first kappa shape index (κ1) is 20.9. The SMILES string of the molecule is C/C(=N\OC(C)C)c1ccc(-c2ccc3c(c2)OC[C@H]2[C@H](Cn4ccnn4)OC(=O)N32)cn1. The summed E-state index contributed by atoms with van der Waals surface area (Å²) in [6.07, 6.45) is 4.39. The smallest absolute Gasteiger partial charge is 0.415 e. The minimum Gasteiger partial charge on any atom is -0.489 e. The maximum absolute atomic E-state index is 12.6. The molecule has 0 saturated carbocycles. The van der Waals surface area contributed by atoms with E-state index in [4.69, 9.17) is 14.3 Å². The van der Waals surface area contributed by atoms with Crippen molar-refractivity contribution in [1.29, 1.82) is 0 Å². The third-order valence-corrected chi connectivity index (χ3v) is 5.55. The van der Waals surface area contributed by atoms with E-state index in [1.807, 2.05) is 51.1 Å². The zero-order valence-electron chi connectivity index (χ0n) is 18.6. The Morgan fingerprint density at radius 2 is 2.12 bits per heavy atom. The molecule has 0 N–H and O–H groups in total. The van der Waals surface area contributed by atoms with E-state index in [1.165, 1.54) is 0 Å².